The molecule has 0 saturated heterocycles. The van der Waals surface area contributed by atoms with E-state index in [2.05, 4.69) is 17.1 Å². The quantitative estimate of drug-likeness (QED) is 0.606. The van der Waals surface area contributed by atoms with Gasteiger partial charge in [0, 0.05) is 16.3 Å². The summed E-state index contributed by atoms with van der Waals surface area (Å²) in [4.78, 5) is 5.55. The molecule has 5 heteroatoms. The van der Waals surface area contributed by atoms with Crippen LogP contribution in [0.1, 0.15) is 5.56 Å². The Morgan fingerprint density at radius 1 is 1.04 bits per heavy atom. The Kier molecular flexibility index (Phi) is 4.98. The summed E-state index contributed by atoms with van der Waals surface area (Å²) >= 11 is 1.71. The number of alkyl halides is 1. The van der Waals surface area contributed by atoms with Crippen LogP contribution in [0.3, 0.4) is 0 Å². The second-order valence-corrected chi connectivity index (χ2v) is 5.80. The molecule has 0 amide bonds. The van der Waals surface area contributed by atoms with Gasteiger partial charge in [0.05, 0.1) is 11.7 Å². The van der Waals surface area contributed by atoms with Gasteiger partial charge in [-0.25, -0.2) is 4.39 Å². The largest absolute Gasteiger partial charge is 0.487 e. The maximum atomic E-state index is 12.2. The molecule has 23 heavy (non-hydrogen) atoms. The Hall–Kier alpha value is -2.27. The molecule has 2 aromatic carbocycles. The molecule has 0 unspecified atom stereocenters. The number of thioether (sulfide) groups is 1. The summed E-state index contributed by atoms with van der Waals surface area (Å²) in [5.74, 6) is 1.17. The zero-order chi connectivity index (χ0) is 16.1. The van der Waals surface area contributed by atoms with Crippen LogP contribution in [0.4, 0.5) is 4.39 Å². The fourth-order valence-electron chi connectivity index (χ4n) is 2.24. The maximum Gasteiger partial charge on any atom is 0.228 e. The lowest BCUT2D eigenvalue weighted by atomic mass is 10.2. The van der Waals surface area contributed by atoms with E-state index in [4.69, 9.17) is 9.47 Å². The Labute approximate surface area is 138 Å². The minimum absolute atomic E-state index is 0.468. The van der Waals surface area contributed by atoms with Gasteiger partial charge in [0.2, 0.25) is 6.86 Å². The van der Waals surface area contributed by atoms with E-state index in [-0.39, 0.29) is 0 Å². The van der Waals surface area contributed by atoms with E-state index in [1.165, 1.54) is 4.90 Å². The molecule has 1 heterocycles. The standard InChI is InChI=1S/C18H16FNO2S/c1-23-17-4-2-3-13(7-17)11-21-16-8-14-5-6-15(22-12-19)9-18(14)20-10-16/h2-10H,11-12H2,1H3. The van der Waals surface area contributed by atoms with Crippen molar-refractivity contribution in [2.24, 2.45) is 0 Å². The average molecular weight is 329 g/mol. The predicted molar refractivity (Wildman–Crippen MR) is 90.9 cm³/mol. The smallest absolute Gasteiger partial charge is 0.228 e. The van der Waals surface area contributed by atoms with E-state index in [9.17, 15) is 4.39 Å². The fourth-order valence-corrected chi connectivity index (χ4v) is 2.73. The first kappa shape index (κ1) is 15.6. The number of hydrogen-bond donors (Lipinski definition) is 0. The zero-order valence-corrected chi connectivity index (χ0v) is 13.5. The van der Waals surface area contributed by atoms with Gasteiger partial charge in [0.1, 0.15) is 18.1 Å². The van der Waals surface area contributed by atoms with Crippen LogP contribution in [0.25, 0.3) is 10.9 Å². The molecule has 3 rings (SSSR count). The minimum atomic E-state index is -0.845. The van der Waals surface area contributed by atoms with Crippen molar-refractivity contribution in [2.75, 3.05) is 13.1 Å². The molecule has 0 fully saturated rings. The number of pyridine rings is 1. The highest BCUT2D eigenvalue weighted by molar-refractivity contribution is 7.98. The highest BCUT2D eigenvalue weighted by Crippen LogP contribution is 2.24. The fraction of sp³-hybridized carbons (Fsp3) is 0.167. The van der Waals surface area contributed by atoms with Gasteiger partial charge >= 0.3 is 0 Å². The summed E-state index contributed by atoms with van der Waals surface area (Å²) in [6.45, 7) is -0.355. The molecule has 0 aliphatic rings. The van der Waals surface area contributed by atoms with Gasteiger partial charge in [-0.2, -0.15) is 0 Å². The summed E-state index contributed by atoms with van der Waals surface area (Å²) in [7, 11) is 0. The highest BCUT2D eigenvalue weighted by atomic mass is 32.2. The summed E-state index contributed by atoms with van der Waals surface area (Å²) in [5.41, 5.74) is 1.86. The highest BCUT2D eigenvalue weighted by Gasteiger charge is 2.03. The summed E-state index contributed by atoms with van der Waals surface area (Å²) in [6, 6.07) is 15.4. The van der Waals surface area contributed by atoms with Crippen molar-refractivity contribution in [3.8, 4) is 11.5 Å². The van der Waals surface area contributed by atoms with Crippen molar-refractivity contribution in [1.29, 1.82) is 0 Å². The topological polar surface area (TPSA) is 31.4 Å². The first-order chi connectivity index (χ1) is 11.3. The van der Waals surface area contributed by atoms with Crippen molar-refractivity contribution in [3.63, 3.8) is 0 Å². The number of benzene rings is 2. The number of nitrogens with zero attached hydrogens (tertiary/aromatic N) is 1. The van der Waals surface area contributed by atoms with Gasteiger partial charge in [-0.15, -0.1) is 11.8 Å². The second-order valence-electron chi connectivity index (χ2n) is 4.92. The summed E-state index contributed by atoms with van der Waals surface area (Å²) in [5, 5.41) is 0.923. The van der Waals surface area contributed by atoms with E-state index in [0.29, 0.717) is 18.1 Å². The van der Waals surface area contributed by atoms with Crippen LogP contribution in [0, 0.1) is 0 Å². The molecule has 3 nitrogen and oxygen atoms in total. The minimum Gasteiger partial charge on any atom is -0.487 e. The first-order valence-corrected chi connectivity index (χ1v) is 8.35. The lowest BCUT2D eigenvalue weighted by Crippen LogP contribution is -1.96. The van der Waals surface area contributed by atoms with Crippen LogP contribution in [0.15, 0.2) is 59.6 Å². The van der Waals surface area contributed by atoms with Crippen molar-refractivity contribution >= 4 is 22.7 Å². The first-order valence-electron chi connectivity index (χ1n) is 7.13. The molecule has 0 bridgehead atoms. The van der Waals surface area contributed by atoms with Gasteiger partial charge in [0.15, 0.2) is 0 Å². The number of fused-ring (bicyclic) bond motifs is 1. The molecule has 0 aliphatic heterocycles. The maximum absolute atomic E-state index is 12.2. The van der Waals surface area contributed by atoms with Gasteiger partial charge in [-0.05, 0) is 42.2 Å². The molecule has 118 valence electrons. The molecule has 0 saturated carbocycles. The Bertz CT molecular complexity index is 810. The lowest BCUT2D eigenvalue weighted by Gasteiger charge is -2.08. The monoisotopic (exact) mass is 329 g/mol. The van der Waals surface area contributed by atoms with Gasteiger partial charge in [0.25, 0.3) is 0 Å². The van der Waals surface area contributed by atoms with Gasteiger partial charge < -0.3 is 9.47 Å². The van der Waals surface area contributed by atoms with Crippen molar-refractivity contribution < 1.29 is 13.9 Å². The third kappa shape index (κ3) is 3.93. The van der Waals surface area contributed by atoms with Crippen LogP contribution in [0.5, 0.6) is 11.5 Å². The van der Waals surface area contributed by atoms with Crippen LogP contribution in [-0.4, -0.2) is 18.1 Å². The van der Waals surface area contributed by atoms with Gasteiger partial charge in [-0.3, -0.25) is 4.98 Å². The molecule has 0 spiro atoms. The van der Waals surface area contributed by atoms with Crippen molar-refractivity contribution in [3.05, 3.63) is 60.3 Å². The SMILES string of the molecule is CSc1cccc(COc2cnc3cc(OCF)ccc3c2)c1. The van der Waals surface area contributed by atoms with Crippen LogP contribution in [0.2, 0.25) is 0 Å². The Balaban J connectivity index is 1.74. The second kappa shape index (κ2) is 7.33. The number of rotatable bonds is 6. The number of hydrogen-bond acceptors (Lipinski definition) is 4. The van der Waals surface area contributed by atoms with Crippen LogP contribution in [-0.2, 0) is 6.61 Å². The average Bonchev–Trinajstić information content (AvgIpc) is 2.60. The van der Waals surface area contributed by atoms with E-state index in [1.807, 2.05) is 30.5 Å². The van der Waals surface area contributed by atoms with Crippen LogP contribution >= 0.6 is 11.8 Å². The molecule has 0 N–H and O–H groups in total. The Morgan fingerprint density at radius 2 is 1.96 bits per heavy atom. The molecule has 1 aromatic heterocycles. The van der Waals surface area contributed by atoms with Crippen LogP contribution < -0.4 is 9.47 Å². The number of aromatic nitrogens is 1. The third-order valence-electron chi connectivity index (χ3n) is 3.39. The number of ether oxygens (including phenoxy) is 2. The van der Waals surface area contributed by atoms with Gasteiger partial charge in [-0.1, -0.05) is 12.1 Å². The molecule has 0 radical (unpaired) electrons. The van der Waals surface area contributed by atoms with E-state index in [1.54, 1.807) is 30.1 Å². The lowest BCUT2D eigenvalue weighted by molar-refractivity contribution is 0.192. The van der Waals surface area contributed by atoms with E-state index in [0.717, 1.165) is 16.5 Å². The molecular weight excluding hydrogens is 313 g/mol. The molecule has 3 aromatic rings. The summed E-state index contributed by atoms with van der Waals surface area (Å²) < 4.78 is 22.8. The predicted octanol–water partition coefficient (Wildman–Crippen LogP) is 4.84. The number of halogens is 1. The summed E-state index contributed by atoms with van der Waals surface area (Å²) in [6.07, 6.45) is 3.72. The van der Waals surface area contributed by atoms with Crippen molar-refractivity contribution in [1.82, 2.24) is 4.98 Å². The third-order valence-corrected chi connectivity index (χ3v) is 4.12. The van der Waals surface area contributed by atoms with E-state index < -0.39 is 6.86 Å². The Morgan fingerprint density at radius 3 is 2.78 bits per heavy atom. The van der Waals surface area contributed by atoms with E-state index >= 15 is 0 Å². The van der Waals surface area contributed by atoms with Crippen molar-refractivity contribution in [2.45, 2.75) is 11.5 Å². The molecule has 0 atom stereocenters. The normalized spacial score (nSPS) is 10.7. The molecule has 0 aliphatic carbocycles. The zero-order valence-electron chi connectivity index (χ0n) is 12.7. The molecular formula is C18H16FNO2S.